The normalized spacial score (nSPS) is 12.0. The summed E-state index contributed by atoms with van der Waals surface area (Å²) in [6.07, 6.45) is 8.02. The molecule has 2 nitrogen and oxygen atoms in total. The van der Waals surface area contributed by atoms with E-state index in [9.17, 15) is 0 Å². The number of para-hydroxylation sites is 2. The topological polar surface area (TPSA) is 24.4 Å². The number of hydrogen-bond donors (Lipinski definition) is 1. The number of nitrogens with zero attached hydrogens (tertiary/aromatic N) is 1. The van der Waals surface area contributed by atoms with Gasteiger partial charge in [-0.15, -0.1) is 0 Å². The fourth-order valence-corrected chi connectivity index (χ4v) is 2.58. The van der Waals surface area contributed by atoms with Crippen molar-refractivity contribution in [1.82, 2.24) is 0 Å². The SMILES string of the molecule is C/C=C\C(=C/C=Nc1ccccc1)c1ccc(Nc2ccccc2)cc1. The first kappa shape index (κ1) is 17.4. The summed E-state index contributed by atoms with van der Waals surface area (Å²) in [7, 11) is 0. The Kier molecular flexibility index (Phi) is 6.16. The smallest absolute Gasteiger partial charge is 0.0629 e. The van der Waals surface area contributed by atoms with Gasteiger partial charge in [0.05, 0.1) is 5.69 Å². The van der Waals surface area contributed by atoms with Crippen molar-refractivity contribution in [3.8, 4) is 0 Å². The second kappa shape index (κ2) is 9.19. The van der Waals surface area contributed by atoms with E-state index in [1.165, 1.54) is 0 Å². The molecule has 0 aliphatic heterocycles. The van der Waals surface area contributed by atoms with Gasteiger partial charge in [0.25, 0.3) is 0 Å². The number of aliphatic imine (C=N–C) groups is 1. The summed E-state index contributed by atoms with van der Waals surface area (Å²) in [5.74, 6) is 0. The average molecular weight is 338 g/mol. The third-order valence-electron chi connectivity index (χ3n) is 3.86. The highest BCUT2D eigenvalue weighted by Gasteiger charge is 1.99. The lowest BCUT2D eigenvalue weighted by Crippen LogP contribution is -1.90. The van der Waals surface area contributed by atoms with Crippen molar-refractivity contribution in [2.24, 2.45) is 4.99 Å². The molecule has 0 spiro atoms. The monoisotopic (exact) mass is 338 g/mol. The van der Waals surface area contributed by atoms with E-state index in [2.05, 4.69) is 52.8 Å². The number of rotatable bonds is 6. The van der Waals surface area contributed by atoms with Crippen molar-refractivity contribution in [1.29, 1.82) is 0 Å². The van der Waals surface area contributed by atoms with Crippen LogP contribution in [0.2, 0.25) is 0 Å². The first-order valence-corrected chi connectivity index (χ1v) is 8.70. The molecule has 0 aromatic heterocycles. The zero-order chi connectivity index (χ0) is 18.0. The van der Waals surface area contributed by atoms with Crippen LogP contribution in [0.15, 0.2) is 108 Å². The van der Waals surface area contributed by atoms with E-state index in [0.29, 0.717) is 0 Å². The lowest BCUT2D eigenvalue weighted by atomic mass is 10.0. The van der Waals surface area contributed by atoms with Gasteiger partial charge in [0.2, 0.25) is 0 Å². The first-order chi connectivity index (χ1) is 12.8. The molecule has 128 valence electrons. The van der Waals surface area contributed by atoms with Gasteiger partial charge in [0.1, 0.15) is 0 Å². The summed E-state index contributed by atoms with van der Waals surface area (Å²) in [6, 6.07) is 28.5. The Bertz CT molecular complexity index is 890. The zero-order valence-corrected chi connectivity index (χ0v) is 14.8. The predicted molar refractivity (Wildman–Crippen MR) is 114 cm³/mol. The molecular formula is C24H22N2. The van der Waals surface area contributed by atoms with Crippen LogP contribution in [0.25, 0.3) is 5.57 Å². The second-order valence-electron chi connectivity index (χ2n) is 5.80. The number of hydrogen-bond acceptors (Lipinski definition) is 2. The van der Waals surface area contributed by atoms with Crippen molar-refractivity contribution in [2.45, 2.75) is 6.92 Å². The molecule has 0 aliphatic carbocycles. The second-order valence-corrected chi connectivity index (χ2v) is 5.80. The van der Waals surface area contributed by atoms with Crippen molar-refractivity contribution >= 4 is 28.8 Å². The van der Waals surface area contributed by atoms with Crippen LogP contribution in [0, 0.1) is 0 Å². The van der Waals surface area contributed by atoms with Crippen molar-refractivity contribution < 1.29 is 0 Å². The van der Waals surface area contributed by atoms with Crippen LogP contribution in [0.3, 0.4) is 0 Å². The molecule has 0 amide bonds. The predicted octanol–water partition coefficient (Wildman–Crippen LogP) is 6.79. The number of allylic oxidation sites excluding steroid dienone is 4. The van der Waals surface area contributed by atoms with Crippen LogP contribution < -0.4 is 5.32 Å². The fourth-order valence-electron chi connectivity index (χ4n) is 2.58. The van der Waals surface area contributed by atoms with Crippen LogP contribution in [0.4, 0.5) is 17.1 Å². The lowest BCUT2D eigenvalue weighted by molar-refractivity contribution is 1.53. The van der Waals surface area contributed by atoms with Gasteiger partial charge >= 0.3 is 0 Å². The molecule has 26 heavy (non-hydrogen) atoms. The molecule has 0 fully saturated rings. The van der Waals surface area contributed by atoms with Gasteiger partial charge in [-0.2, -0.15) is 0 Å². The molecule has 3 rings (SSSR count). The number of nitrogens with one attached hydrogen (secondary N) is 1. The van der Waals surface area contributed by atoms with Crippen molar-refractivity contribution in [3.63, 3.8) is 0 Å². The molecule has 0 heterocycles. The minimum atomic E-state index is 0.950. The Morgan fingerprint density at radius 1 is 0.769 bits per heavy atom. The molecule has 1 N–H and O–H groups in total. The van der Waals surface area contributed by atoms with Gasteiger partial charge in [-0.05, 0) is 60.5 Å². The van der Waals surface area contributed by atoms with Crippen LogP contribution >= 0.6 is 0 Å². The van der Waals surface area contributed by atoms with E-state index in [1.54, 1.807) is 0 Å². The molecule has 0 saturated heterocycles. The van der Waals surface area contributed by atoms with E-state index >= 15 is 0 Å². The molecule has 2 heteroatoms. The van der Waals surface area contributed by atoms with E-state index in [0.717, 1.165) is 28.2 Å². The maximum Gasteiger partial charge on any atom is 0.0629 e. The van der Waals surface area contributed by atoms with E-state index < -0.39 is 0 Å². The maximum absolute atomic E-state index is 4.48. The molecule has 0 radical (unpaired) electrons. The van der Waals surface area contributed by atoms with Crippen LogP contribution in [-0.2, 0) is 0 Å². The largest absolute Gasteiger partial charge is 0.356 e. The molecule has 3 aromatic carbocycles. The highest BCUT2D eigenvalue weighted by atomic mass is 14.9. The van der Waals surface area contributed by atoms with Gasteiger partial charge in [-0.3, -0.25) is 4.99 Å². The molecule has 0 saturated carbocycles. The first-order valence-electron chi connectivity index (χ1n) is 8.70. The van der Waals surface area contributed by atoms with Gasteiger partial charge < -0.3 is 5.32 Å². The average Bonchev–Trinajstić information content (AvgIpc) is 2.70. The van der Waals surface area contributed by atoms with E-state index in [1.807, 2.05) is 73.8 Å². The third kappa shape index (κ3) is 5.05. The summed E-state index contributed by atoms with van der Waals surface area (Å²) in [5, 5.41) is 3.40. The standard InChI is InChI=1S/C24H22N2/c1-2-9-20(18-19-25-22-10-5-3-6-11-22)21-14-16-24(17-15-21)26-23-12-7-4-8-13-23/h2-19,26H,1H3/b9-2-,20-18+,25-19?. The minimum Gasteiger partial charge on any atom is -0.356 e. The van der Waals surface area contributed by atoms with Gasteiger partial charge in [-0.1, -0.05) is 60.7 Å². The van der Waals surface area contributed by atoms with Crippen molar-refractivity contribution in [3.05, 3.63) is 109 Å². The number of benzene rings is 3. The minimum absolute atomic E-state index is 0.950. The Morgan fingerprint density at radius 2 is 1.38 bits per heavy atom. The van der Waals surface area contributed by atoms with Gasteiger partial charge in [0, 0.05) is 17.6 Å². The zero-order valence-electron chi connectivity index (χ0n) is 14.8. The molecule has 0 aliphatic rings. The highest BCUT2D eigenvalue weighted by Crippen LogP contribution is 2.21. The Hall–Kier alpha value is -3.39. The summed E-state index contributed by atoms with van der Waals surface area (Å²) in [6.45, 7) is 2.02. The van der Waals surface area contributed by atoms with Crippen LogP contribution in [0.5, 0.6) is 0 Å². The Balaban J connectivity index is 1.75. The Labute approximate surface area is 155 Å². The van der Waals surface area contributed by atoms with Crippen molar-refractivity contribution in [2.75, 3.05) is 5.32 Å². The molecule has 0 unspecified atom stereocenters. The van der Waals surface area contributed by atoms with E-state index in [-0.39, 0.29) is 0 Å². The maximum atomic E-state index is 4.48. The quantitative estimate of drug-likeness (QED) is 0.388. The lowest BCUT2D eigenvalue weighted by Gasteiger charge is -2.08. The summed E-state index contributed by atoms with van der Waals surface area (Å²) >= 11 is 0. The van der Waals surface area contributed by atoms with Crippen LogP contribution in [-0.4, -0.2) is 6.21 Å². The molecule has 3 aromatic rings. The molecule has 0 atom stereocenters. The Morgan fingerprint density at radius 3 is 2.04 bits per heavy atom. The van der Waals surface area contributed by atoms with E-state index in [4.69, 9.17) is 0 Å². The molecular weight excluding hydrogens is 316 g/mol. The summed E-state index contributed by atoms with van der Waals surface area (Å²) in [5.41, 5.74) is 5.38. The van der Waals surface area contributed by atoms with Gasteiger partial charge in [0.15, 0.2) is 0 Å². The third-order valence-corrected chi connectivity index (χ3v) is 3.86. The van der Waals surface area contributed by atoms with Crippen LogP contribution in [0.1, 0.15) is 12.5 Å². The highest BCUT2D eigenvalue weighted by molar-refractivity contribution is 5.89. The number of anilines is 2. The summed E-state index contributed by atoms with van der Waals surface area (Å²) in [4.78, 5) is 4.48. The summed E-state index contributed by atoms with van der Waals surface area (Å²) < 4.78 is 0. The molecule has 0 bridgehead atoms. The fraction of sp³-hybridized carbons (Fsp3) is 0.0417. The van der Waals surface area contributed by atoms with Gasteiger partial charge in [-0.25, -0.2) is 0 Å².